The SMILES string of the molecule is CCCCCCCCCCO.O=S(=O)(O)O.[CH2-]CCCCCCCCCCC.[Na+]. The second-order valence-corrected chi connectivity index (χ2v) is 8.22. The Hall–Kier alpha value is 0.830. The predicted molar refractivity (Wildman–Crippen MR) is 121 cm³/mol. The standard InChI is InChI=1S/C12H25.C10H22O.Na.H2O4S/c1-3-5-7-9-11-12-10-8-6-4-2;1-2-3-4-5-6-7-8-9-10-11;;1-5(2,3)4/h1,3-12H2,2H3;11H,2-10H2,1H3;;(H2,1,2,3,4)/q-1;;+1;. The summed E-state index contributed by atoms with van der Waals surface area (Å²) in [6.45, 7) is 8.73. The van der Waals surface area contributed by atoms with Crippen LogP contribution in [-0.4, -0.2) is 29.2 Å². The molecule has 0 fully saturated rings. The van der Waals surface area contributed by atoms with Crippen LogP contribution >= 0.6 is 0 Å². The van der Waals surface area contributed by atoms with Gasteiger partial charge >= 0.3 is 40.0 Å². The molecule has 0 unspecified atom stereocenters. The molecule has 0 aromatic carbocycles. The van der Waals surface area contributed by atoms with Gasteiger partial charge in [-0.25, -0.2) is 0 Å². The quantitative estimate of drug-likeness (QED) is 0.134. The van der Waals surface area contributed by atoms with Crippen LogP contribution in [0.15, 0.2) is 0 Å². The first-order valence-electron chi connectivity index (χ1n) is 11.4. The van der Waals surface area contributed by atoms with E-state index in [0.717, 1.165) is 12.8 Å². The van der Waals surface area contributed by atoms with Crippen LogP contribution in [0.4, 0.5) is 0 Å². The van der Waals surface area contributed by atoms with Gasteiger partial charge in [0.05, 0.1) is 0 Å². The second-order valence-electron chi connectivity index (χ2n) is 7.33. The summed E-state index contributed by atoms with van der Waals surface area (Å²) in [4.78, 5) is 0. The van der Waals surface area contributed by atoms with Gasteiger partial charge in [0.2, 0.25) is 0 Å². The molecule has 0 aromatic heterocycles. The Labute approximate surface area is 204 Å². The molecule has 0 aliphatic rings. The zero-order chi connectivity index (χ0) is 21.9. The fourth-order valence-corrected chi connectivity index (χ4v) is 2.73. The summed E-state index contributed by atoms with van der Waals surface area (Å²) >= 11 is 0. The summed E-state index contributed by atoms with van der Waals surface area (Å²) in [5.41, 5.74) is 0. The first-order valence-corrected chi connectivity index (χ1v) is 12.8. The summed E-state index contributed by atoms with van der Waals surface area (Å²) in [6, 6.07) is 0. The Kier molecular flexibility index (Phi) is 42.9. The van der Waals surface area contributed by atoms with Crippen molar-refractivity contribution >= 4 is 10.4 Å². The van der Waals surface area contributed by atoms with Crippen LogP contribution in [0.3, 0.4) is 0 Å². The van der Waals surface area contributed by atoms with Crippen molar-refractivity contribution < 1.29 is 52.2 Å². The van der Waals surface area contributed by atoms with Gasteiger partial charge in [0.25, 0.3) is 0 Å². The summed E-state index contributed by atoms with van der Waals surface area (Å²) in [5.74, 6) is 0. The minimum atomic E-state index is -4.67. The fourth-order valence-electron chi connectivity index (χ4n) is 2.73. The fraction of sp³-hybridized carbons (Fsp3) is 0.955. The van der Waals surface area contributed by atoms with Crippen molar-refractivity contribution in [2.75, 3.05) is 6.61 Å². The van der Waals surface area contributed by atoms with Crippen molar-refractivity contribution in [1.82, 2.24) is 0 Å². The van der Waals surface area contributed by atoms with Crippen LogP contribution in [0.1, 0.15) is 129 Å². The Balaban J connectivity index is -0.000000171. The summed E-state index contributed by atoms with van der Waals surface area (Å²) in [6.07, 6.45) is 24.3. The van der Waals surface area contributed by atoms with Crippen molar-refractivity contribution in [2.45, 2.75) is 129 Å². The van der Waals surface area contributed by atoms with Crippen LogP contribution in [0, 0.1) is 6.92 Å². The molecule has 0 aliphatic carbocycles. The van der Waals surface area contributed by atoms with E-state index < -0.39 is 10.4 Å². The Morgan fingerprint density at radius 1 is 0.586 bits per heavy atom. The van der Waals surface area contributed by atoms with Gasteiger partial charge < -0.3 is 12.0 Å². The largest absolute Gasteiger partial charge is 1.00 e. The first kappa shape index (κ1) is 37.2. The third-order valence-electron chi connectivity index (χ3n) is 4.37. The molecule has 7 heteroatoms. The molecule has 0 rings (SSSR count). The van der Waals surface area contributed by atoms with Crippen LogP contribution in [0.25, 0.3) is 0 Å². The Morgan fingerprint density at radius 3 is 1.07 bits per heavy atom. The molecule has 0 heterocycles. The number of aliphatic hydroxyl groups is 1. The smallest absolute Gasteiger partial charge is 0.396 e. The van der Waals surface area contributed by atoms with E-state index in [-0.39, 0.29) is 29.6 Å². The molecule has 174 valence electrons. The zero-order valence-corrected chi connectivity index (χ0v) is 22.5. The third kappa shape index (κ3) is 65.3. The van der Waals surface area contributed by atoms with Gasteiger partial charge in [-0.15, -0.1) is 0 Å². The Bertz CT molecular complexity index is 325. The molecule has 0 aromatic rings. The van der Waals surface area contributed by atoms with Gasteiger partial charge in [-0.2, -0.15) is 14.8 Å². The normalized spacial score (nSPS) is 10.3. The van der Waals surface area contributed by atoms with E-state index in [2.05, 4.69) is 20.8 Å². The van der Waals surface area contributed by atoms with E-state index in [1.807, 2.05) is 0 Å². The molecule has 0 bridgehead atoms. The van der Waals surface area contributed by atoms with Gasteiger partial charge in [-0.3, -0.25) is 9.11 Å². The van der Waals surface area contributed by atoms with E-state index in [1.165, 1.54) is 103 Å². The molecule has 0 atom stereocenters. The van der Waals surface area contributed by atoms with Crippen molar-refractivity contribution in [2.24, 2.45) is 0 Å². The Morgan fingerprint density at radius 2 is 0.828 bits per heavy atom. The van der Waals surface area contributed by atoms with E-state index >= 15 is 0 Å². The summed E-state index contributed by atoms with van der Waals surface area (Å²) < 4.78 is 31.6. The maximum atomic E-state index is 8.74. The number of hydrogen-bond donors (Lipinski definition) is 3. The van der Waals surface area contributed by atoms with Crippen LogP contribution in [0.5, 0.6) is 0 Å². The molecule has 0 saturated heterocycles. The average molecular weight is 449 g/mol. The van der Waals surface area contributed by atoms with E-state index in [9.17, 15) is 0 Å². The van der Waals surface area contributed by atoms with Crippen molar-refractivity contribution in [3.8, 4) is 0 Å². The van der Waals surface area contributed by atoms with Gasteiger partial charge in [0, 0.05) is 6.61 Å². The van der Waals surface area contributed by atoms with Gasteiger partial charge in [0.1, 0.15) is 0 Å². The van der Waals surface area contributed by atoms with E-state index in [4.69, 9.17) is 22.6 Å². The molecule has 0 amide bonds. The molecule has 3 N–H and O–H groups in total. The second kappa shape index (κ2) is 33.5. The number of hydrogen-bond acceptors (Lipinski definition) is 3. The maximum absolute atomic E-state index is 8.74. The monoisotopic (exact) mass is 448 g/mol. The summed E-state index contributed by atoms with van der Waals surface area (Å²) in [7, 11) is -4.67. The predicted octanol–water partition coefficient (Wildman–Crippen LogP) is 4.21. The van der Waals surface area contributed by atoms with Gasteiger partial charge in [0.15, 0.2) is 0 Å². The molecule has 5 nitrogen and oxygen atoms in total. The molecule has 0 spiro atoms. The third-order valence-corrected chi connectivity index (χ3v) is 4.37. The van der Waals surface area contributed by atoms with Crippen molar-refractivity contribution in [3.05, 3.63) is 6.92 Å². The van der Waals surface area contributed by atoms with Crippen molar-refractivity contribution in [3.63, 3.8) is 0 Å². The van der Waals surface area contributed by atoms with Gasteiger partial charge in [-0.05, 0) is 6.42 Å². The minimum Gasteiger partial charge on any atom is -0.396 e. The van der Waals surface area contributed by atoms with Crippen LogP contribution < -0.4 is 29.6 Å². The van der Waals surface area contributed by atoms with E-state index in [1.54, 1.807) is 0 Å². The average Bonchev–Trinajstić information content (AvgIpc) is 2.62. The van der Waals surface area contributed by atoms with Gasteiger partial charge in [-0.1, -0.05) is 117 Å². The topological polar surface area (TPSA) is 94.8 Å². The molecule has 0 saturated carbocycles. The number of rotatable bonds is 17. The van der Waals surface area contributed by atoms with E-state index in [0.29, 0.717) is 6.61 Å². The molecule has 0 aliphatic heterocycles. The zero-order valence-electron chi connectivity index (χ0n) is 19.7. The molecule has 29 heavy (non-hydrogen) atoms. The molecule has 0 radical (unpaired) electrons. The number of aliphatic hydroxyl groups excluding tert-OH is 1. The minimum absolute atomic E-state index is 0. The van der Waals surface area contributed by atoms with Crippen LogP contribution in [-0.2, 0) is 10.4 Å². The van der Waals surface area contributed by atoms with Crippen molar-refractivity contribution in [1.29, 1.82) is 0 Å². The summed E-state index contributed by atoms with van der Waals surface area (Å²) in [5, 5.41) is 8.51. The first-order chi connectivity index (χ1) is 13.3. The molecular formula is C22H49NaO5S. The molecular weight excluding hydrogens is 399 g/mol. The van der Waals surface area contributed by atoms with Crippen LogP contribution in [0.2, 0.25) is 0 Å². The number of unbranched alkanes of at least 4 members (excludes halogenated alkanes) is 16. The maximum Gasteiger partial charge on any atom is 1.00 e.